The van der Waals surface area contributed by atoms with Gasteiger partial charge >= 0.3 is 0 Å². The number of para-hydroxylation sites is 1. The van der Waals surface area contributed by atoms with Crippen LogP contribution in [0.15, 0.2) is 62.9 Å². The van der Waals surface area contributed by atoms with Crippen LogP contribution in [0.2, 0.25) is 0 Å². The van der Waals surface area contributed by atoms with Crippen LogP contribution in [0.5, 0.6) is 5.75 Å². The van der Waals surface area contributed by atoms with Gasteiger partial charge in [0.05, 0.1) is 10.6 Å². The number of benzene rings is 2. The van der Waals surface area contributed by atoms with E-state index in [4.69, 9.17) is 11.2 Å². The number of halogens is 1. The van der Waals surface area contributed by atoms with Gasteiger partial charge in [-0.25, -0.2) is 4.99 Å². The van der Waals surface area contributed by atoms with Crippen LogP contribution in [-0.4, -0.2) is 17.7 Å². The second-order valence-electron chi connectivity index (χ2n) is 4.99. The van der Waals surface area contributed by atoms with Crippen LogP contribution < -0.4 is 10.1 Å². The van der Waals surface area contributed by atoms with Gasteiger partial charge in [0.1, 0.15) is 12.4 Å². The van der Waals surface area contributed by atoms with Crippen LogP contribution in [0.1, 0.15) is 5.56 Å². The first-order valence-electron chi connectivity index (χ1n) is 7.36. The number of amidine groups is 1. The average Bonchev–Trinajstić information content (AvgIpc) is 2.94. The molecule has 1 fully saturated rings. The first-order chi connectivity index (χ1) is 12.2. The van der Waals surface area contributed by atoms with Gasteiger partial charge in [-0.15, -0.1) is 6.42 Å². The van der Waals surface area contributed by atoms with Crippen molar-refractivity contribution in [3.05, 3.63) is 63.5 Å². The number of hydrogen-bond donors (Lipinski definition) is 1. The molecule has 1 aliphatic rings. The summed E-state index contributed by atoms with van der Waals surface area (Å²) in [5.41, 5.74) is 1.55. The SMILES string of the molecule is C#CCOc1ccc(Br)cc1/C=C1\SC(=Nc2ccccc2)NC1=O. The highest BCUT2D eigenvalue weighted by molar-refractivity contribution is 9.10. The van der Waals surface area contributed by atoms with Crippen molar-refractivity contribution in [2.45, 2.75) is 0 Å². The predicted octanol–water partition coefficient (Wildman–Crippen LogP) is 4.35. The molecule has 0 atom stereocenters. The van der Waals surface area contributed by atoms with Gasteiger partial charge in [0, 0.05) is 10.0 Å². The van der Waals surface area contributed by atoms with Crippen LogP contribution in [0, 0.1) is 12.3 Å². The van der Waals surface area contributed by atoms with Crippen molar-refractivity contribution in [2.75, 3.05) is 6.61 Å². The molecular formula is C19H13BrN2O2S. The Bertz CT molecular complexity index is 901. The van der Waals surface area contributed by atoms with Gasteiger partial charge in [-0.05, 0) is 48.2 Å². The smallest absolute Gasteiger partial charge is 0.264 e. The molecule has 0 spiro atoms. The molecule has 0 aliphatic carbocycles. The van der Waals surface area contributed by atoms with E-state index in [-0.39, 0.29) is 12.5 Å². The van der Waals surface area contributed by atoms with Crippen LogP contribution in [0.4, 0.5) is 5.69 Å². The minimum Gasteiger partial charge on any atom is -0.480 e. The number of carbonyl (C=O) groups is 1. The van der Waals surface area contributed by atoms with Crippen molar-refractivity contribution in [2.24, 2.45) is 4.99 Å². The number of nitrogens with zero attached hydrogens (tertiary/aromatic N) is 1. The number of amides is 1. The molecule has 2 aromatic carbocycles. The molecule has 1 N–H and O–H groups in total. The lowest BCUT2D eigenvalue weighted by Gasteiger charge is -2.07. The fraction of sp³-hybridized carbons (Fsp3) is 0.0526. The number of thioether (sulfide) groups is 1. The zero-order valence-corrected chi connectivity index (χ0v) is 15.4. The molecule has 3 rings (SSSR count). The zero-order valence-electron chi connectivity index (χ0n) is 13.0. The van der Waals surface area contributed by atoms with Crippen molar-refractivity contribution in [3.8, 4) is 18.1 Å². The molecule has 1 aliphatic heterocycles. The van der Waals surface area contributed by atoms with Gasteiger partial charge in [0.2, 0.25) is 0 Å². The number of carbonyl (C=O) groups excluding carboxylic acids is 1. The largest absolute Gasteiger partial charge is 0.480 e. The van der Waals surface area contributed by atoms with Crippen molar-refractivity contribution in [1.29, 1.82) is 0 Å². The first kappa shape index (κ1) is 17.3. The van der Waals surface area contributed by atoms with Gasteiger partial charge in [0.25, 0.3) is 5.91 Å². The van der Waals surface area contributed by atoms with Gasteiger partial charge < -0.3 is 10.1 Å². The molecule has 1 amide bonds. The molecule has 1 saturated heterocycles. The lowest BCUT2D eigenvalue weighted by molar-refractivity contribution is -0.115. The second-order valence-corrected chi connectivity index (χ2v) is 6.94. The van der Waals surface area contributed by atoms with Crippen LogP contribution >= 0.6 is 27.7 Å². The Morgan fingerprint density at radius 1 is 1.28 bits per heavy atom. The van der Waals surface area contributed by atoms with Gasteiger partial charge in [0.15, 0.2) is 5.17 Å². The summed E-state index contributed by atoms with van der Waals surface area (Å²) >= 11 is 4.72. The Hall–Kier alpha value is -2.49. The molecule has 1 heterocycles. The summed E-state index contributed by atoms with van der Waals surface area (Å²) in [5.74, 6) is 2.87. The molecule has 0 radical (unpaired) electrons. The van der Waals surface area contributed by atoms with Gasteiger partial charge in [-0.2, -0.15) is 0 Å². The molecule has 0 unspecified atom stereocenters. The summed E-state index contributed by atoms with van der Waals surface area (Å²) in [6, 6.07) is 15.0. The maximum atomic E-state index is 12.2. The van der Waals surface area contributed by atoms with Crippen molar-refractivity contribution < 1.29 is 9.53 Å². The molecule has 25 heavy (non-hydrogen) atoms. The van der Waals surface area contributed by atoms with Gasteiger partial charge in [-0.1, -0.05) is 40.0 Å². The summed E-state index contributed by atoms with van der Waals surface area (Å²) in [5, 5.41) is 3.32. The van der Waals surface area contributed by atoms with Crippen molar-refractivity contribution >= 4 is 50.5 Å². The monoisotopic (exact) mass is 412 g/mol. The third kappa shape index (κ3) is 4.53. The van der Waals surface area contributed by atoms with E-state index in [0.29, 0.717) is 15.8 Å². The number of ether oxygens (including phenoxy) is 1. The molecule has 2 aromatic rings. The molecule has 0 aromatic heterocycles. The molecule has 0 bridgehead atoms. The molecule has 124 valence electrons. The predicted molar refractivity (Wildman–Crippen MR) is 106 cm³/mol. The van der Waals surface area contributed by atoms with Gasteiger partial charge in [-0.3, -0.25) is 4.79 Å². The Kier molecular flexibility index (Phi) is 5.59. The Labute approximate surface area is 158 Å². The highest BCUT2D eigenvalue weighted by Crippen LogP contribution is 2.32. The van der Waals surface area contributed by atoms with E-state index < -0.39 is 0 Å². The molecule has 4 nitrogen and oxygen atoms in total. The Morgan fingerprint density at radius 2 is 2.08 bits per heavy atom. The van der Waals surface area contributed by atoms with E-state index in [9.17, 15) is 4.79 Å². The summed E-state index contributed by atoms with van der Waals surface area (Å²) in [6.45, 7) is 0.165. The topological polar surface area (TPSA) is 50.7 Å². The number of rotatable bonds is 4. The quantitative estimate of drug-likeness (QED) is 0.599. The highest BCUT2D eigenvalue weighted by atomic mass is 79.9. The summed E-state index contributed by atoms with van der Waals surface area (Å²) in [6.07, 6.45) is 7.02. The maximum Gasteiger partial charge on any atom is 0.264 e. The highest BCUT2D eigenvalue weighted by Gasteiger charge is 2.24. The molecule has 0 saturated carbocycles. The van der Waals surface area contributed by atoms with E-state index >= 15 is 0 Å². The molecular weight excluding hydrogens is 400 g/mol. The Morgan fingerprint density at radius 3 is 2.84 bits per heavy atom. The third-order valence-electron chi connectivity index (χ3n) is 3.21. The maximum absolute atomic E-state index is 12.2. The summed E-state index contributed by atoms with van der Waals surface area (Å²) < 4.78 is 6.42. The van der Waals surface area contributed by atoms with E-state index in [2.05, 4.69) is 32.2 Å². The average molecular weight is 413 g/mol. The lowest BCUT2D eigenvalue weighted by atomic mass is 10.2. The van der Waals surface area contributed by atoms with Crippen molar-refractivity contribution in [1.82, 2.24) is 5.32 Å². The molecule has 6 heteroatoms. The van der Waals surface area contributed by atoms with Crippen LogP contribution in [-0.2, 0) is 4.79 Å². The number of terminal acetylenes is 1. The first-order valence-corrected chi connectivity index (χ1v) is 8.97. The standard InChI is InChI=1S/C19H13BrN2O2S/c1-2-10-24-16-9-8-14(20)11-13(16)12-17-18(23)22-19(25-17)21-15-6-4-3-5-7-15/h1,3-9,11-12H,10H2,(H,21,22,23)/b17-12-. The number of nitrogens with one attached hydrogen (secondary N) is 1. The zero-order chi connectivity index (χ0) is 17.6. The van der Waals surface area contributed by atoms with E-state index in [1.54, 1.807) is 6.08 Å². The van der Waals surface area contributed by atoms with Crippen molar-refractivity contribution in [3.63, 3.8) is 0 Å². The lowest BCUT2D eigenvalue weighted by Crippen LogP contribution is -2.19. The Balaban J connectivity index is 1.87. The fourth-order valence-corrected chi connectivity index (χ4v) is 3.34. The van der Waals surface area contributed by atoms with E-state index in [1.807, 2.05) is 48.5 Å². The normalized spacial score (nSPS) is 16.7. The minimum absolute atomic E-state index is 0.165. The number of aliphatic imine (C=N–C) groups is 1. The van der Waals surface area contributed by atoms with E-state index in [0.717, 1.165) is 15.7 Å². The summed E-state index contributed by atoms with van der Waals surface area (Å²) in [4.78, 5) is 17.2. The van der Waals surface area contributed by atoms with Crippen LogP contribution in [0.3, 0.4) is 0 Å². The fourth-order valence-electron chi connectivity index (χ4n) is 2.12. The number of hydrogen-bond acceptors (Lipinski definition) is 4. The second kappa shape index (κ2) is 8.06. The van der Waals surface area contributed by atoms with E-state index in [1.165, 1.54) is 11.8 Å². The summed E-state index contributed by atoms with van der Waals surface area (Å²) in [7, 11) is 0. The third-order valence-corrected chi connectivity index (χ3v) is 4.61. The van der Waals surface area contributed by atoms with Crippen LogP contribution in [0.25, 0.3) is 6.08 Å². The minimum atomic E-state index is -0.192.